The van der Waals surface area contributed by atoms with E-state index in [1.165, 1.54) is 10.6 Å². The van der Waals surface area contributed by atoms with E-state index in [1.807, 2.05) is 12.5 Å². The van der Waals surface area contributed by atoms with Crippen molar-refractivity contribution in [3.63, 3.8) is 0 Å². The minimum Gasteiger partial charge on any atom is -0.212 e. The summed E-state index contributed by atoms with van der Waals surface area (Å²) < 4.78 is 23.2. The normalized spacial score (nSPS) is 15.5. The number of hydrogen-bond acceptors (Lipinski definition) is 3. The smallest absolute Gasteiger partial charge is 0.211 e. The summed E-state index contributed by atoms with van der Waals surface area (Å²) in [6.45, 7) is 0. The number of nitrogens with zero attached hydrogens (tertiary/aromatic N) is 1. The van der Waals surface area contributed by atoms with E-state index < -0.39 is 19.1 Å². The number of hydrogen-bond donors (Lipinski definition) is 1. The highest BCUT2D eigenvalue weighted by atomic mass is 33.1. The Morgan fingerprint density at radius 1 is 1.27 bits per heavy atom. The first kappa shape index (κ1) is 11.6. The first-order valence-electron chi connectivity index (χ1n) is 2.98. The molecule has 0 aromatic carbocycles. The highest BCUT2D eigenvalue weighted by Crippen LogP contribution is 2.44. The van der Waals surface area contributed by atoms with Gasteiger partial charge < -0.3 is 0 Å². The summed E-state index contributed by atoms with van der Waals surface area (Å²) in [7, 11) is -2.53. The molecule has 0 amide bonds. The second kappa shape index (κ2) is 3.55. The van der Waals surface area contributed by atoms with Crippen LogP contribution < -0.4 is 0 Å². The molecule has 0 atom stereocenters. The van der Waals surface area contributed by atoms with Crippen molar-refractivity contribution in [3.8, 4) is 0 Å². The van der Waals surface area contributed by atoms with Gasteiger partial charge in [-0.25, -0.2) is 8.42 Å². The zero-order valence-electron chi connectivity index (χ0n) is 7.23. The average molecular weight is 217 g/mol. The highest BCUT2D eigenvalue weighted by Gasteiger charge is 2.16. The molecule has 3 nitrogen and oxygen atoms in total. The lowest BCUT2D eigenvalue weighted by Gasteiger charge is -2.28. The number of sulfonamides is 1. The van der Waals surface area contributed by atoms with Gasteiger partial charge in [-0.3, -0.25) is 0 Å². The summed E-state index contributed by atoms with van der Waals surface area (Å²) in [5.74, 6) is 0.509. The van der Waals surface area contributed by atoms with Gasteiger partial charge in [-0.05, 0) is 12.5 Å². The molecule has 0 saturated carbocycles. The van der Waals surface area contributed by atoms with E-state index in [2.05, 4.69) is 11.7 Å². The fraction of sp³-hybridized carbons (Fsp3) is 1.00. The molecular formula is C5H15NO2S3. The summed E-state index contributed by atoms with van der Waals surface area (Å²) in [4.78, 5) is 0. The summed E-state index contributed by atoms with van der Waals surface area (Å²) >= 11 is 4.30. The molecule has 0 fully saturated rings. The van der Waals surface area contributed by atoms with Gasteiger partial charge in [-0.1, -0.05) is 0 Å². The first-order chi connectivity index (χ1) is 4.63. The highest BCUT2D eigenvalue weighted by molar-refractivity contribution is 8.87. The zero-order chi connectivity index (χ0) is 9.28. The van der Waals surface area contributed by atoms with Crippen LogP contribution in [0.5, 0.6) is 0 Å². The number of rotatable bonds is 3. The SMILES string of the molecule is CN(CS(C)(C)S)S(C)(=O)=O. The van der Waals surface area contributed by atoms with Gasteiger partial charge in [0.05, 0.1) is 12.1 Å². The first-order valence-corrected chi connectivity index (χ1v) is 8.49. The second-order valence-corrected chi connectivity index (χ2v) is 11.2. The molecule has 0 aliphatic rings. The Morgan fingerprint density at radius 3 is 1.73 bits per heavy atom. The lowest BCUT2D eigenvalue weighted by atomic mass is 11.2. The van der Waals surface area contributed by atoms with E-state index in [0.717, 1.165) is 0 Å². The summed E-state index contributed by atoms with van der Waals surface area (Å²) in [5.41, 5.74) is 0. The molecule has 0 unspecified atom stereocenters. The Kier molecular flexibility index (Phi) is 3.75. The van der Waals surface area contributed by atoms with Crippen molar-refractivity contribution < 1.29 is 8.42 Å². The molecule has 0 saturated heterocycles. The Hall–Kier alpha value is 0.610. The molecule has 6 heteroatoms. The van der Waals surface area contributed by atoms with E-state index in [9.17, 15) is 8.42 Å². The molecule has 0 spiro atoms. The van der Waals surface area contributed by atoms with Gasteiger partial charge in [0.25, 0.3) is 0 Å². The van der Waals surface area contributed by atoms with Crippen LogP contribution in [0.2, 0.25) is 0 Å². The van der Waals surface area contributed by atoms with Gasteiger partial charge in [0.15, 0.2) is 0 Å². The molecule has 11 heavy (non-hydrogen) atoms. The Morgan fingerprint density at radius 2 is 1.64 bits per heavy atom. The lowest BCUT2D eigenvalue weighted by Crippen LogP contribution is -2.27. The van der Waals surface area contributed by atoms with E-state index in [-0.39, 0.29) is 0 Å². The van der Waals surface area contributed by atoms with Crippen molar-refractivity contribution in [2.24, 2.45) is 0 Å². The van der Waals surface area contributed by atoms with Crippen LogP contribution in [0, 0.1) is 0 Å². The molecule has 0 aromatic heterocycles. The standard InChI is InChI=1S/C5H15NO2S3/c1-6(11(4,7)8)5-10(2,3)9/h9H,5H2,1-4H3. The second-order valence-electron chi connectivity index (χ2n) is 2.97. The van der Waals surface area contributed by atoms with Gasteiger partial charge in [-0.2, -0.15) is 13.4 Å². The van der Waals surface area contributed by atoms with Crippen molar-refractivity contribution in [2.45, 2.75) is 0 Å². The van der Waals surface area contributed by atoms with Crippen molar-refractivity contribution in [3.05, 3.63) is 0 Å². The van der Waals surface area contributed by atoms with Crippen LogP contribution in [0.1, 0.15) is 0 Å². The zero-order valence-corrected chi connectivity index (χ0v) is 9.76. The van der Waals surface area contributed by atoms with Gasteiger partial charge >= 0.3 is 0 Å². The molecule has 0 aromatic rings. The maximum Gasteiger partial charge on any atom is 0.211 e. The summed E-state index contributed by atoms with van der Waals surface area (Å²) in [6.07, 6.45) is 5.11. The molecule has 0 rings (SSSR count). The topological polar surface area (TPSA) is 37.4 Å². The fourth-order valence-electron chi connectivity index (χ4n) is 0.541. The van der Waals surface area contributed by atoms with Crippen molar-refractivity contribution >= 4 is 30.7 Å². The van der Waals surface area contributed by atoms with E-state index in [1.54, 1.807) is 7.05 Å². The molecule has 0 N–H and O–H groups in total. The van der Waals surface area contributed by atoms with Crippen molar-refractivity contribution in [1.82, 2.24) is 4.31 Å². The Labute approximate surface area is 75.3 Å². The molecule has 0 radical (unpaired) electrons. The van der Waals surface area contributed by atoms with E-state index in [0.29, 0.717) is 5.88 Å². The fourth-order valence-corrected chi connectivity index (χ4v) is 3.74. The van der Waals surface area contributed by atoms with Gasteiger partial charge in [-0.15, -0.1) is 11.7 Å². The lowest BCUT2D eigenvalue weighted by molar-refractivity contribution is 0.518. The molecular weight excluding hydrogens is 202 g/mol. The summed E-state index contributed by atoms with van der Waals surface area (Å²) in [6, 6.07) is 0. The third kappa shape index (κ3) is 5.84. The molecule has 0 bridgehead atoms. The quantitative estimate of drug-likeness (QED) is 0.559. The van der Waals surface area contributed by atoms with Crippen molar-refractivity contribution in [2.75, 3.05) is 31.7 Å². The van der Waals surface area contributed by atoms with Gasteiger partial charge in [0.2, 0.25) is 10.0 Å². The van der Waals surface area contributed by atoms with Gasteiger partial charge in [0, 0.05) is 7.05 Å². The predicted molar refractivity (Wildman–Crippen MR) is 55.9 cm³/mol. The predicted octanol–water partition coefficient (Wildman–Crippen LogP) is 0.744. The molecule has 0 aliphatic carbocycles. The Balaban J connectivity index is 4.22. The average Bonchev–Trinajstić information content (AvgIpc) is 1.56. The molecule has 70 valence electrons. The van der Waals surface area contributed by atoms with Crippen LogP contribution in [0.15, 0.2) is 0 Å². The molecule has 0 heterocycles. The monoisotopic (exact) mass is 217 g/mol. The minimum absolute atomic E-state index is 0.509. The van der Waals surface area contributed by atoms with Crippen LogP contribution in [0.25, 0.3) is 0 Å². The third-order valence-corrected chi connectivity index (χ3v) is 3.85. The van der Waals surface area contributed by atoms with E-state index in [4.69, 9.17) is 0 Å². The third-order valence-electron chi connectivity index (χ3n) is 1.06. The van der Waals surface area contributed by atoms with Crippen LogP contribution in [-0.2, 0) is 10.0 Å². The molecule has 0 aliphatic heterocycles. The maximum atomic E-state index is 10.9. The van der Waals surface area contributed by atoms with Crippen LogP contribution >= 0.6 is 20.7 Å². The Bertz CT molecular complexity index is 216. The van der Waals surface area contributed by atoms with Crippen molar-refractivity contribution in [1.29, 1.82) is 0 Å². The number of thiol groups is 1. The van der Waals surface area contributed by atoms with Crippen LogP contribution in [-0.4, -0.2) is 44.4 Å². The maximum absolute atomic E-state index is 10.9. The largest absolute Gasteiger partial charge is 0.212 e. The van der Waals surface area contributed by atoms with E-state index >= 15 is 0 Å². The summed E-state index contributed by atoms with van der Waals surface area (Å²) in [5, 5.41) is 0. The van der Waals surface area contributed by atoms with Crippen LogP contribution in [0.3, 0.4) is 0 Å². The van der Waals surface area contributed by atoms with Crippen LogP contribution in [0.4, 0.5) is 0 Å². The minimum atomic E-state index is -3.03. The van der Waals surface area contributed by atoms with Gasteiger partial charge in [0.1, 0.15) is 0 Å².